The first kappa shape index (κ1) is 31.4. The van der Waals surface area contributed by atoms with Gasteiger partial charge in [0.1, 0.15) is 5.82 Å². The number of esters is 1. The van der Waals surface area contributed by atoms with Crippen LogP contribution in [0.2, 0.25) is 0 Å². The molecular weight excluding hydrogens is 582 g/mol. The first-order valence-corrected chi connectivity index (χ1v) is 16.9. The number of allylic oxidation sites excluding steroid dienone is 2. The van der Waals surface area contributed by atoms with Crippen molar-refractivity contribution in [2.75, 3.05) is 25.1 Å². The van der Waals surface area contributed by atoms with Crippen LogP contribution in [0.1, 0.15) is 87.0 Å². The second-order valence-corrected chi connectivity index (χ2v) is 15.1. The highest BCUT2D eigenvalue weighted by atomic mass is 32.1. The van der Waals surface area contributed by atoms with Gasteiger partial charge in [0.05, 0.1) is 34.7 Å². The molecule has 0 spiro atoms. The Labute approximate surface area is 270 Å². The molecule has 1 aromatic carbocycles. The Balaban J connectivity index is 1.55. The van der Waals surface area contributed by atoms with E-state index in [1.165, 1.54) is 12.0 Å². The number of aromatic nitrogens is 4. The molecule has 0 aliphatic carbocycles. The van der Waals surface area contributed by atoms with Gasteiger partial charge in [-0.2, -0.15) is 9.61 Å². The van der Waals surface area contributed by atoms with Gasteiger partial charge in [0.25, 0.3) is 0 Å². The van der Waals surface area contributed by atoms with E-state index in [9.17, 15) is 4.79 Å². The summed E-state index contributed by atoms with van der Waals surface area (Å²) in [6.45, 7) is 14.0. The largest absolute Gasteiger partial charge is 0.467 e. The minimum atomic E-state index is -0.941. The lowest BCUT2D eigenvalue weighted by atomic mass is 9.76. The second kappa shape index (κ2) is 12.3. The van der Waals surface area contributed by atoms with Gasteiger partial charge in [-0.25, -0.2) is 14.8 Å². The molecule has 238 valence electrons. The highest BCUT2D eigenvalue weighted by Crippen LogP contribution is 2.42. The second-order valence-electron chi connectivity index (χ2n) is 13.8. The van der Waals surface area contributed by atoms with Crippen molar-refractivity contribution in [1.29, 1.82) is 0 Å². The molecule has 1 fully saturated rings. The van der Waals surface area contributed by atoms with Crippen LogP contribution in [0, 0.1) is 19.3 Å². The van der Waals surface area contributed by atoms with E-state index in [1.54, 1.807) is 11.3 Å². The molecule has 6 bridgehead atoms. The van der Waals surface area contributed by atoms with Gasteiger partial charge in [-0.15, -0.1) is 11.3 Å². The molecule has 0 unspecified atom stereocenters. The van der Waals surface area contributed by atoms with E-state index in [1.807, 2.05) is 38.3 Å². The maximum absolute atomic E-state index is 13.4. The number of benzene rings is 1. The van der Waals surface area contributed by atoms with E-state index < -0.39 is 17.7 Å². The number of carbonyl (C=O) groups is 1. The van der Waals surface area contributed by atoms with Gasteiger partial charge < -0.3 is 14.4 Å². The number of methoxy groups -OCH3 is 1. The van der Waals surface area contributed by atoms with E-state index >= 15 is 0 Å². The van der Waals surface area contributed by atoms with Crippen LogP contribution in [0.4, 0.5) is 5.82 Å². The third-order valence-electron chi connectivity index (χ3n) is 9.08. The standard InChI is InChI=1S/C36H45N5O3S/c1-23-30(32(34(42)43-7)44-35(3,4)5)33-40-19-17-36(6,18-20-40)16-11-9-8-10-15-28-31(38-24(2)45-28)26-14-12-13-25(21-26)27-22-29(37-23)41(33)39-27/h8-9,12-14,21-22,32H,10-11,15-20H2,1-7H3/b9-8+/t32-/m0/s1. The van der Waals surface area contributed by atoms with Crippen LogP contribution in [0.3, 0.4) is 0 Å². The monoisotopic (exact) mass is 627 g/mol. The van der Waals surface area contributed by atoms with E-state index in [-0.39, 0.29) is 5.41 Å². The van der Waals surface area contributed by atoms with E-state index in [4.69, 9.17) is 24.5 Å². The fourth-order valence-electron chi connectivity index (χ4n) is 6.63. The number of hydrogen-bond donors (Lipinski definition) is 0. The van der Waals surface area contributed by atoms with Crippen molar-refractivity contribution in [3.8, 4) is 22.5 Å². The number of ether oxygens (including phenoxy) is 2. The summed E-state index contributed by atoms with van der Waals surface area (Å²) in [6, 6.07) is 10.5. The average Bonchev–Trinajstić information content (AvgIpc) is 3.59. The first-order chi connectivity index (χ1) is 21.4. The zero-order chi connectivity index (χ0) is 31.9. The lowest BCUT2D eigenvalue weighted by molar-refractivity contribution is -0.164. The molecule has 0 saturated carbocycles. The van der Waals surface area contributed by atoms with Crippen LogP contribution in [0.15, 0.2) is 42.5 Å². The van der Waals surface area contributed by atoms with Crippen LogP contribution < -0.4 is 4.90 Å². The molecule has 4 aromatic rings. The molecular formula is C36H45N5O3S. The van der Waals surface area contributed by atoms with Crippen molar-refractivity contribution in [3.05, 3.63) is 63.6 Å². The highest BCUT2D eigenvalue weighted by molar-refractivity contribution is 7.12. The van der Waals surface area contributed by atoms with Crippen molar-refractivity contribution in [2.45, 2.75) is 91.8 Å². The number of hydrogen-bond acceptors (Lipinski definition) is 8. The predicted octanol–water partition coefficient (Wildman–Crippen LogP) is 8.05. The maximum Gasteiger partial charge on any atom is 0.339 e. The normalized spacial score (nSPS) is 18.2. The molecule has 6 heterocycles. The van der Waals surface area contributed by atoms with E-state index in [2.05, 4.69) is 55.2 Å². The van der Waals surface area contributed by atoms with Crippen LogP contribution in [-0.2, 0) is 20.7 Å². The van der Waals surface area contributed by atoms with Crippen LogP contribution >= 0.6 is 11.3 Å². The van der Waals surface area contributed by atoms with Gasteiger partial charge in [-0.1, -0.05) is 37.3 Å². The molecule has 0 amide bonds. The van der Waals surface area contributed by atoms with E-state index in [0.29, 0.717) is 5.56 Å². The van der Waals surface area contributed by atoms with Crippen molar-refractivity contribution in [1.82, 2.24) is 19.6 Å². The Morgan fingerprint density at radius 1 is 1.02 bits per heavy atom. The number of carbonyl (C=O) groups excluding carboxylic acids is 1. The highest BCUT2D eigenvalue weighted by Gasteiger charge is 2.37. The average molecular weight is 628 g/mol. The molecule has 9 heteroatoms. The van der Waals surface area contributed by atoms with Gasteiger partial charge in [-0.3, -0.25) is 0 Å². The third kappa shape index (κ3) is 6.56. The Kier molecular flexibility index (Phi) is 8.61. The number of piperidine rings is 1. The van der Waals surface area contributed by atoms with Crippen LogP contribution in [-0.4, -0.2) is 51.4 Å². The van der Waals surface area contributed by atoms with E-state index in [0.717, 1.165) is 96.3 Å². The van der Waals surface area contributed by atoms with Crippen molar-refractivity contribution in [3.63, 3.8) is 0 Å². The molecule has 1 saturated heterocycles. The first-order valence-electron chi connectivity index (χ1n) is 16.1. The number of thiazole rings is 1. The Bertz CT molecular complexity index is 1740. The van der Waals surface area contributed by atoms with Crippen molar-refractivity contribution < 1.29 is 14.3 Å². The van der Waals surface area contributed by atoms with Crippen molar-refractivity contribution in [2.24, 2.45) is 5.41 Å². The Hall–Kier alpha value is -3.56. The number of fused-ring (bicyclic) bond motifs is 6. The molecule has 3 aliphatic heterocycles. The van der Waals surface area contributed by atoms with Gasteiger partial charge in [0, 0.05) is 40.9 Å². The molecule has 45 heavy (non-hydrogen) atoms. The summed E-state index contributed by atoms with van der Waals surface area (Å²) in [7, 11) is 1.41. The van der Waals surface area contributed by atoms with Gasteiger partial charge in [-0.05, 0) is 84.6 Å². The van der Waals surface area contributed by atoms with Crippen molar-refractivity contribution >= 4 is 28.8 Å². The minimum absolute atomic E-state index is 0.241. The predicted molar refractivity (Wildman–Crippen MR) is 181 cm³/mol. The maximum atomic E-state index is 13.4. The van der Waals surface area contributed by atoms with Gasteiger partial charge >= 0.3 is 5.97 Å². The SMILES string of the molecule is COC(=O)[C@@H](OC(C)(C)C)c1c(C)nc2cc3nn2c1N1CCC(C)(CC/C=C/CCc2sc(C)nc2-c2cccc-3c2)CC1. The number of rotatable bonds is 3. The quantitative estimate of drug-likeness (QED) is 0.168. The summed E-state index contributed by atoms with van der Waals surface area (Å²) >= 11 is 1.79. The topological polar surface area (TPSA) is 81.8 Å². The summed E-state index contributed by atoms with van der Waals surface area (Å²) in [5.74, 6) is 0.417. The number of aryl methyl sites for hydroxylation is 3. The zero-order valence-electron chi connectivity index (χ0n) is 27.6. The molecule has 0 radical (unpaired) electrons. The third-order valence-corrected chi connectivity index (χ3v) is 10.1. The summed E-state index contributed by atoms with van der Waals surface area (Å²) in [5, 5.41) is 6.26. The minimum Gasteiger partial charge on any atom is -0.467 e. The molecule has 8 nitrogen and oxygen atoms in total. The lowest BCUT2D eigenvalue weighted by Crippen LogP contribution is -2.41. The van der Waals surface area contributed by atoms with Gasteiger partial charge in [0.15, 0.2) is 11.8 Å². The smallest absolute Gasteiger partial charge is 0.339 e. The lowest BCUT2D eigenvalue weighted by Gasteiger charge is -2.41. The molecule has 3 aliphatic rings. The molecule has 7 rings (SSSR count). The fourth-order valence-corrected chi connectivity index (χ4v) is 7.61. The van der Waals surface area contributed by atoms with Gasteiger partial charge in [0.2, 0.25) is 0 Å². The van der Waals surface area contributed by atoms with Crippen LogP contribution in [0.5, 0.6) is 0 Å². The Morgan fingerprint density at radius 2 is 1.76 bits per heavy atom. The summed E-state index contributed by atoms with van der Waals surface area (Å²) in [6.07, 6.45) is 10.1. The zero-order valence-corrected chi connectivity index (χ0v) is 28.5. The number of anilines is 1. The molecule has 0 N–H and O–H groups in total. The summed E-state index contributed by atoms with van der Waals surface area (Å²) in [4.78, 5) is 27.0. The Morgan fingerprint density at radius 3 is 2.49 bits per heavy atom. The van der Waals surface area contributed by atoms with Crippen LogP contribution in [0.25, 0.3) is 28.2 Å². The summed E-state index contributed by atoms with van der Waals surface area (Å²) < 4.78 is 13.6. The fraction of sp³-hybridized carbons (Fsp3) is 0.500. The molecule has 3 aromatic heterocycles. The molecule has 1 atom stereocenters. The summed E-state index contributed by atoms with van der Waals surface area (Å²) in [5.41, 5.74) is 5.82. The number of nitrogens with zero attached hydrogens (tertiary/aromatic N) is 5.